The summed E-state index contributed by atoms with van der Waals surface area (Å²) >= 11 is 0. The Labute approximate surface area is 121 Å². The Kier molecular flexibility index (Phi) is 12.4. The van der Waals surface area contributed by atoms with Gasteiger partial charge in [-0.15, -0.1) is 0 Å². The zero-order chi connectivity index (χ0) is 13.4. The molecule has 1 aliphatic heterocycles. The monoisotopic (exact) mass is 265 g/mol. The molecule has 0 atom stereocenters. The molecule has 0 saturated carbocycles. The second-order valence-electron chi connectivity index (χ2n) is 6.18. The van der Waals surface area contributed by atoms with Gasteiger partial charge in [0.15, 0.2) is 0 Å². The molecule has 0 spiro atoms. The fourth-order valence-electron chi connectivity index (χ4n) is 2.92. The van der Waals surface area contributed by atoms with Crippen LogP contribution < -0.4 is 0 Å². The average molecular weight is 265 g/mol. The Morgan fingerprint density at radius 3 is 1.26 bits per heavy atom. The first-order valence-electron chi connectivity index (χ1n) is 8.98. The minimum Gasteiger partial charge on any atom is -0.298 e. The molecular weight excluding hydrogens is 230 g/mol. The Morgan fingerprint density at radius 2 is 0.789 bits per heavy atom. The second-order valence-corrected chi connectivity index (χ2v) is 6.18. The lowest BCUT2D eigenvalue weighted by Gasteiger charge is -2.02. The summed E-state index contributed by atoms with van der Waals surface area (Å²) in [4.78, 5) is 4.52. The van der Waals surface area contributed by atoms with Crippen molar-refractivity contribution in [2.24, 2.45) is 4.99 Å². The maximum Gasteiger partial charge on any atom is 0.0385 e. The summed E-state index contributed by atoms with van der Waals surface area (Å²) in [6.45, 7) is 1.07. The van der Waals surface area contributed by atoms with Crippen LogP contribution in [0.2, 0.25) is 0 Å². The van der Waals surface area contributed by atoms with Gasteiger partial charge in [0.25, 0.3) is 0 Å². The third kappa shape index (κ3) is 12.4. The molecule has 1 heterocycles. The molecule has 0 aromatic rings. The summed E-state index contributed by atoms with van der Waals surface area (Å²) in [7, 11) is 0. The molecule has 0 N–H and O–H groups in total. The quantitative estimate of drug-likeness (QED) is 0.486. The predicted molar refractivity (Wildman–Crippen MR) is 87.2 cm³/mol. The molecule has 0 aromatic carbocycles. The average Bonchev–Trinajstić information content (AvgIpc) is 2.43. The highest BCUT2D eigenvalue weighted by Crippen LogP contribution is 2.13. The maximum absolute atomic E-state index is 4.52. The topological polar surface area (TPSA) is 12.4 Å². The van der Waals surface area contributed by atoms with Gasteiger partial charge in [-0.05, 0) is 25.5 Å². The van der Waals surface area contributed by atoms with E-state index in [9.17, 15) is 0 Å². The van der Waals surface area contributed by atoms with Crippen molar-refractivity contribution in [2.45, 2.75) is 103 Å². The lowest BCUT2D eigenvalue weighted by molar-refractivity contribution is 0.533. The normalized spacial score (nSPS) is 24.8. The van der Waals surface area contributed by atoms with Crippen molar-refractivity contribution < 1.29 is 0 Å². The summed E-state index contributed by atoms with van der Waals surface area (Å²) in [6.07, 6.45) is 24.9. The van der Waals surface area contributed by atoms with Crippen molar-refractivity contribution in [2.75, 3.05) is 6.54 Å². The van der Waals surface area contributed by atoms with Gasteiger partial charge in [-0.25, -0.2) is 0 Å². The molecule has 0 aromatic heterocycles. The van der Waals surface area contributed by atoms with Gasteiger partial charge in [0.05, 0.1) is 0 Å². The summed E-state index contributed by atoms with van der Waals surface area (Å²) in [5, 5.41) is 0. The Morgan fingerprint density at radius 1 is 0.421 bits per heavy atom. The van der Waals surface area contributed by atoms with E-state index >= 15 is 0 Å². The standard InChI is InChI=1S/C18H35N/c1-2-4-6-8-10-12-14-16-18-19-17-15-13-11-9-7-5-3-1/h17H,1-16,18H2/b19-17-. The van der Waals surface area contributed by atoms with Crippen LogP contribution in [0.15, 0.2) is 4.99 Å². The smallest absolute Gasteiger partial charge is 0.0385 e. The molecule has 0 unspecified atom stereocenters. The number of nitrogens with zero attached hydrogens (tertiary/aromatic N) is 1. The van der Waals surface area contributed by atoms with Crippen LogP contribution in [-0.2, 0) is 0 Å². The lowest BCUT2D eigenvalue weighted by Crippen LogP contribution is -1.85. The molecule has 0 saturated heterocycles. The molecule has 19 heavy (non-hydrogen) atoms. The third-order valence-electron chi connectivity index (χ3n) is 4.25. The van der Waals surface area contributed by atoms with Gasteiger partial charge >= 0.3 is 0 Å². The van der Waals surface area contributed by atoms with E-state index in [1.54, 1.807) is 0 Å². The minimum atomic E-state index is 1.07. The van der Waals surface area contributed by atoms with Crippen LogP contribution in [0.25, 0.3) is 0 Å². The third-order valence-corrected chi connectivity index (χ3v) is 4.25. The van der Waals surface area contributed by atoms with Gasteiger partial charge in [0.1, 0.15) is 0 Å². The van der Waals surface area contributed by atoms with Gasteiger partial charge in [0, 0.05) is 6.54 Å². The predicted octanol–water partition coefficient (Wildman–Crippen LogP) is 6.31. The van der Waals surface area contributed by atoms with E-state index in [0.717, 1.165) is 6.54 Å². The van der Waals surface area contributed by atoms with Gasteiger partial charge in [-0.3, -0.25) is 4.99 Å². The summed E-state index contributed by atoms with van der Waals surface area (Å²) in [6, 6.07) is 0. The van der Waals surface area contributed by atoms with Crippen molar-refractivity contribution in [3.05, 3.63) is 0 Å². The zero-order valence-corrected chi connectivity index (χ0v) is 13.0. The number of hydrogen-bond acceptors (Lipinski definition) is 1. The van der Waals surface area contributed by atoms with Crippen LogP contribution in [0.3, 0.4) is 0 Å². The van der Waals surface area contributed by atoms with Gasteiger partial charge in [-0.2, -0.15) is 0 Å². The van der Waals surface area contributed by atoms with E-state index in [0.29, 0.717) is 0 Å². The van der Waals surface area contributed by atoms with Crippen LogP contribution in [0.4, 0.5) is 0 Å². The van der Waals surface area contributed by atoms with Crippen LogP contribution in [0, 0.1) is 0 Å². The summed E-state index contributed by atoms with van der Waals surface area (Å²) < 4.78 is 0. The Bertz CT molecular complexity index is 178. The highest BCUT2D eigenvalue weighted by atomic mass is 14.7. The first kappa shape index (κ1) is 16.7. The molecule has 112 valence electrons. The molecule has 1 heteroatoms. The maximum atomic E-state index is 4.52. The molecule has 1 nitrogen and oxygen atoms in total. The second kappa shape index (κ2) is 14.1. The fraction of sp³-hybridized carbons (Fsp3) is 0.944. The Hall–Kier alpha value is -0.330. The first-order chi connectivity index (χ1) is 9.50. The van der Waals surface area contributed by atoms with Crippen molar-refractivity contribution in [1.29, 1.82) is 0 Å². The molecule has 0 amide bonds. The zero-order valence-electron chi connectivity index (χ0n) is 13.0. The Balaban J connectivity index is 2.06. The van der Waals surface area contributed by atoms with Gasteiger partial charge in [0.2, 0.25) is 0 Å². The number of rotatable bonds is 0. The van der Waals surface area contributed by atoms with E-state index in [2.05, 4.69) is 11.2 Å². The summed E-state index contributed by atoms with van der Waals surface area (Å²) in [5.41, 5.74) is 0. The minimum absolute atomic E-state index is 1.07. The number of hydrogen-bond donors (Lipinski definition) is 0. The highest BCUT2D eigenvalue weighted by molar-refractivity contribution is 5.56. The highest BCUT2D eigenvalue weighted by Gasteiger charge is 1.95. The van der Waals surface area contributed by atoms with Crippen LogP contribution in [-0.4, -0.2) is 12.8 Å². The lowest BCUT2D eigenvalue weighted by atomic mass is 10.0. The van der Waals surface area contributed by atoms with Crippen molar-refractivity contribution in [3.63, 3.8) is 0 Å². The first-order valence-corrected chi connectivity index (χ1v) is 8.98. The molecular formula is C18H35N. The molecule has 0 radical (unpaired) electrons. The van der Waals surface area contributed by atoms with Crippen molar-refractivity contribution >= 4 is 6.21 Å². The van der Waals surface area contributed by atoms with E-state index in [4.69, 9.17) is 0 Å². The molecule has 0 fully saturated rings. The van der Waals surface area contributed by atoms with Crippen LogP contribution in [0.1, 0.15) is 103 Å². The van der Waals surface area contributed by atoms with Gasteiger partial charge < -0.3 is 0 Å². The SMILES string of the molecule is C1=N\CCCCCCCCCCCCCCCCC/1. The van der Waals surface area contributed by atoms with E-state index in [1.165, 1.54) is 103 Å². The molecule has 1 aliphatic rings. The van der Waals surface area contributed by atoms with E-state index in [1.807, 2.05) is 0 Å². The van der Waals surface area contributed by atoms with Gasteiger partial charge in [-0.1, -0.05) is 83.5 Å². The number of aliphatic imine (C=N–C) groups is 1. The van der Waals surface area contributed by atoms with Crippen molar-refractivity contribution in [1.82, 2.24) is 0 Å². The largest absolute Gasteiger partial charge is 0.298 e. The van der Waals surface area contributed by atoms with E-state index in [-0.39, 0.29) is 0 Å². The molecule has 0 bridgehead atoms. The van der Waals surface area contributed by atoms with E-state index < -0.39 is 0 Å². The molecule has 0 aliphatic carbocycles. The summed E-state index contributed by atoms with van der Waals surface area (Å²) in [5.74, 6) is 0. The molecule has 1 rings (SSSR count). The van der Waals surface area contributed by atoms with Crippen LogP contribution in [0.5, 0.6) is 0 Å². The fourth-order valence-corrected chi connectivity index (χ4v) is 2.92. The van der Waals surface area contributed by atoms with Crippen LogP contribution >= 0.6 is 0 Å². The van der Waals surface area contributed by atoms with Crippen molar-refractivity contribution in [3.8, 4) is 0 Å².